The van der Waals surface area contributed by atoms with Crippen molar-refractivity contribution in [3.63, 3.8) is 0 Å². The number of imidazole rings is 1. The van der Waals surface area contributed by atoms with Gasteiger partial charge in [-0.3, -0.25) is 9.69 Å². The maximum absolute atomic E-state index is 13.3. The van der Waals surface area contributed by atoms with Crippen molar-refractivity contribution in [1.29, 1.82) is 0 Å². The summed E-state index contributed by atoms with van der Waals surface area (Å²) in [5.74, 6) is -0.396. The predicted molar refractivity (Wildman–Crippen MR) is 106 cm³/mol. The van der Waals surface area contributed by atoms with Gasteiger partial charge < -0.3 is 15.2 Å². The van der Waals surface area contributed by atoms with Gasteiger partial charge >= 0.3 is 6.18 Å². The summed E-state index contributed by atoms with van der Waals surface area (Å²) < 4.78 is 41.8. The molecule has 1 aliphatic heterocycles. The number of nitrogens with zero attached hydrogens (tertiary/aromatic N) is 3. The fraction of sp³-hybridized carbons (Fsp3) is 0.529. The van der Waals surface area contributed by atoms with Crippen LogP contribution in [0.25, 0.3) is 11.0 Å². The summed E-state index contributed by atoms with van der Waals surface area (Å²) in [6, 6.07) is 5.86. The molecule has 1 unspecified atom stereocenters. The standard InChI is InChI=1S/C17H22F3N5O.2ClH/c18-17(19,20)15(24-9-6-21-7-10-24)11-22-16(26)5-8-25-12-23-13-3-1-2-4-14(13)25;;/h1-4,12,15,21H,5-11H2,(H,22,26);2*1H. The molecule has 1 aromatic heterocycles. The van der Waals surface area contributed by atoms with E-state index in [0.29, 0.717) is 32.7 Å². The second-order valence-corrected chi connectivity index (χ2v) is 6.32. The van der Waals surface area contributed by atoms with Gasteiger partial charge in [-0.05, 0) is 12.1 Å². The van der Waals surface area contributed by atoms with E-state index in [9.17, 15) is 18.0 Å². The first-order chi connectivity index (χ1) is 12.4. The summed E-state index contributed by atoms with van der Waals surface area (Å²) in [6.45, 7) is 1.63. The van der Waals surface area contributed by atoms with Crippen molar-refractivity contribution in [1.82, 2.24) is 25.1 Å². The number of piperazine rings is 1. The van der Waals surface area contributed by atoms with Crippen LogP contribution in [0.3, 0.4) is 0 Å². The van der Waals surface area contributed by atoms with Crippen molar-refractivity contribution in [3.8, 4) is 0 Å². The summed E-state index contributed by atoms with van der Waals surface area (Å²) in [4.78, 5) is 17.7. The Morgan fingerprint density at radius 2 is 1.89 bits per heavy atom. The average Bonchev–Trinajstić information content (AvgIpc) is 3.03. The van der Waals surface area contributed by atoms with Crippen LogP contribution < -0.4 is 10.6 Å². The van der Waals surface area contributed by atoms with Crippen LogP contribution in [0, 0.1) is 0 Å². The van der Waals surface area contributed by atoms with E-state index in [1.165, 1.54) is 4.90 Å². The number of amides is 1. The van der Waals surface area contributed by atoms with Crippen LogP contribution in [0.2, 0.25) is 0 Å². The van der Waals surface area contributed by atoms with Gasteiger partial charge in [0, 0.05) is 45.7 Å². The highest BCUT2D eigenvalue weighted by molar-refractivity contribution is 5.85. The second kappa shape index (κ2) is 10.8. The number of fused-ring (bicyclic) bond motifs is 1. The Hall–Kier alpha value is -1.55. The lowest BCUT2D eigenvalue weighted by Gasteiger charge is -2.35. The Bertz CT molecular complexity index is 750. The van der Waals surface area contributed by atoms with Crippen molar-refractivity contribution >= 4 is 41.8 Å². The van der Waals surface area contributed by atoms with Crippen LogP contribution in [0.5, 0.6) is 0 Å². The number of nitrogens with one attached hydrogen (secondary N) is 2. The van der Waals surface area contributed by atoms with Crippen LogP contribution in [-0.4, -0.2) is 65.3 Å². The smallest absolute Gasteiger partial charge is 0.354 e. The molecular formula is C17H24Cl2F3N5O. The maximum Gasteiger partial charge on any atom is 0.405 e. The number of halogens is 5. The third-order valence-electron chi connectivity index (χ3n) is 4.57. The molecule has 1 aliphatic rings. The summed E-state index contributed by atoms with van der Waals surface area (Å²) in [5, 5.41) is 5.47. The first kappa shape index (κ1) is 24.5. The largest absolute Gasteiger partial charge is 0.405 e. The monoisotopic (exact) mass is 441 g/mol. The molecular weight excluding hydrogens is 418 g/mol. The van der Waals surface area contributed by atoms with E-state index in [2.05, 4.69) is 15.6 Å². The van der Waals surface area contributed by atoms with Gasteiger partial charge in [-0.1, -0.05) is 12.1 Å². The third kappa shape index (κ3) is 6.23. The zero-order chi connectivity index (χ0) is 18.6. The Morgan fingerprint density at radius 1 is 1.21 bits per heavy atom. The number of aryl methyl sites for hydroxylation is 1. The minimum absolute atomic E-state index is 0. The molecule has 3 rings (SSSR count). The van der Waals surface area contributed by atoms with Crippen LogP contribution in [0.15, 0.2) is 30.6 Å². The second-order valence-electron chi connectivity index (χ2n) is 6.32. The number of hydrogen-bond acceptors (Lipinski definition) is 4. The molecule has 1 atom stereocenters. The summed E-state index contributed by atoms with van der Waals surface area (Å²) >= 11 is 0. The number of carbonyl (C=O) groups is 1. The molecule has 2 heterocycles. The molecule has 1 aromatic carbocycles. The number of alkyl halides is 3. The molecule has 2 aromatic rings. The molecule has 28 heavy (non-hydrogen) atoms. The number of aromatic nitrogens is 2. The Kier molecular flexibility index (Phi) is 9.49. The Labute approximate surface area is 173 Å². The zero-order valence-electron chi connectivity index (χ0n) is 15.1. The number of benzene rings is 1. The molecule has 6 nitrogen and oxygen atoms in total. The fourth-order valence-electron chi connectivity index (χ4n) is 3.16. The molecule has 0 bridgehead atoms. The molecule has 1 fully saturated rings. The third-order valence-corrected chi connectivity index (χ3v) is 4.57. The van der Waals surface area contributed by atoms with Gasteiger partial charge in [0.15, 0.2) is 0 Å². The average molecular weight is 442 g/mol. The molecule has 0 radical (unpaired) electrons. The van der Waals surface area contributed by atoms with E-state index < -0.39 is 24.7 Å². The highest BCUT2D eigenvalue weighted by Gasteiger charge is 2.43. The van der Waals surface area contributed by atoms with Crippen LogP contribution in [-0.2, 0) is 11.3 Å². The van der Waals surface area contributed by atoms with Crippen LogP contribution >= 0.6 is 24.8 Å². The fourth-order valence-corrected chi connectivity index (χ4v) is 3.16. The van der Waals surface area contributed by atoms with E-state index in [-0.39, 0.29) is 31.2 Å². The van der Waals surface area contributed by atoms with E-state index in [1.54, 1.807) is 6.33 Å². The van der Waals surface area contributed by atoms with Gasteiger partial charge in [0.05, 0.1) is 17.4 Å². The van der Waals surface area contributed by atoms with Crippen molar-refractivity contribution < 1.29 is 18.0 Å². The minimum Gasteiger partial charge on any atom is -0.354 e. The predicted octanol–water partition coefficient (Wildman–Crippen LogP) is 2.22. The van der Waals surface area contributed by atoms with Crippen LogP contribution in [0.1, 0.15) is 6.42 Å². The van der Waals surface area contributed by atoms with E-state index in [4.69, 9.17) is 0 Å². The van der Waals surface area contributed by atoms with E-state index >= 15 is 0 Å². The SMILES string of the molecule is Cl.Cl.O=C(CCn1cnc2ccccc21)NCC(N1CCNCC1)C(F)(F)F. The lowest BCUT2D eigenvalue weighted by Crippen LogP contribution is -2.57. The first-order valence-electron chi connectivity index (χ1n) is 8.63. The van der Waals surface area contributed by atoms with Gasteiger partial charge in [-0.25, -0.2) is 4.98 Å². The number of para-hydroxylation sites is 2. The Balaban J connectivity index is 0.00000196. The molecule has 2 N–H and O–H groups in total. The topological polar surface area (TPSA) is 62.2 Å². The maximum atomic E-state index is 13.3. The lowest BCUT2D eigenvalue weighted by atomic mass is 10.2. The number of rotatable bonds is 6. The lowest BCUT2D eigenvalue weighted by molar-refractivity contribution is -0.184. The molecule has 1 saturated heterocycles. The van der Waals surface area contributed by atoms with Crippen LogP contribution in [0.4, 0.5) is 13.2 Å². The summed E-state index contributed by atoms with van der Waals surface area (Å²) in [5.41, 5.74) is 1.72. The first-order valence-corrected chi connectivity index (χ1v) is 8.63. The quantitative estimate of drug-likeness (QED) is 0.721. The summed E-state index contributed by atoms with van der Waals surface area (Å²) in [6.07, 6.45) is -2.63. The normalized spacial score (nSPS) is 16.1. The van der Waals surface area contributed by atoms with Crippen molar-refractivity contribution in [2.24, 2.45) is 0 Å². The van der Waals surface area contributed by atoms with Gasteiger partial charge in [0.1, 0.15) is 6.04 Å². The number of carbonyl (C=O) groups excluding carboxylic acids is 1. The van der Waals surface area contributed by atoms with Crippen molar-refractivity contribution in [2.75, 3.05) is 32.7 Å². The molecule has 0 aliphatic carbocycles. The Morgan fingerprint density at radius 3 is 2.57 bits per heavy atom. The highest BCUT2D eigenvalue weighted by Crippen LogP contribution is 2.24. The molecule has 0 saturated carbocycles. The summed E-state index contributed by atoms with van der Waals surface area (Å²) in [7, 11) is 0. The van der Waals surface area contributed by atoms with Gasteiger partial charge in [-0.2, -0.15) is 13.2 Å². The van der Waals surface area contributed by atoms with Gasteiger partial charge in [-0.15, -0.1) is 24.8 Å². The minimum atomic E-state index is -4.37. The van der Waals surface area contributed by atoms with Crippen molar-refractivity contribution in [2.45, 2.75) is 25.2 Å². The van der Waals surface area contributed by atoms with Gasteiger partial charge in [0.2, 0.25) is 5.91 Å². The molecule has 11 heteroatoms. The zero-order valence-corrected chi connectivity index (χ0v) is 16.7. The highest BCUT2D eigenvalue weighted by atomic mass is 35.5. The van der Waals surface area contributed by atoms with E-state index in [1.807, 2.05) is 28.8 Å². The molecule has 1 amide bonds. The van der Waals surface area contributed by atoms with E-state index in [0.717, 1.165) is 11.0 Å². The van der Waals surface area contributed by atoms with Crippen molar-refractivity contribution in [3.05, 3.63) is 30.6 Å². The van der Waals surface area contributed by atoms with Gasteiger partial charge in [0.25, 0.3) is 0 Å². The molecule has 0 spiro atoms. The number of hydrogen-bond donors (Lipinski definition) is 2. The molecule has 158 valence electrons.